The summed E-state index contributed by atoms with van der Waals surface area (Å²) in [7, 11) is -15.7. The van der Waals surface area contributed by atoms with Gasteiger partial charge in [-0.15, -0.1) is 0 Å². The van der Waals surface area contributed by atoms with Gasteiger partial charge in [0.15, 0.2) is 0 Å². The Morgan fingerprint density at radius 2 is 0.857 bits per heavy atom. The van der Waals surface area contributed by atoms with Crippen molar-refractivity contribution in [1.82, 2.24) is 5.32 Å². The lowest BCUT2D eigenvalue weighted by Crippen LogP contribution is -2.38. The zero-order valence-corrected chi connectivity index (χ0v) is 58.6. The highest BCUT2D eigenvalue weighted by molar-refractivity contribution is 9.09. The molecule has 0 radical (unpaired) electrons. The predicted molar refractivity (Wildman–Crippen MR) is 352 cm³/mol. The number of hydrogen-bond donors (Lipinski definition) is 5. The van der Waals surface area contributed by atoms with Crippen molar-refractivity contribution >= 4 is 62.5 Å². The third kappa shape index (κ3) is 20.8. The second-order valence-electron chi connectivity index (χ2n) is 23.7. The molecule has 98 heavy (non-hydrogen) atoms. The summed E-state index contributed by atoms with van der Waals surface area (Å²) >= 11 is 3.45. The van der Waals surface area contributed by atoms with Crippen molar-refractivity contribution in [3.05, 3.63) is 180 Å². The van der Waals surface area contributed by atoms with Gasteiger partial charge in [-0.1, -0.05) is 141 Å². The standard InChI is InChI=1S/C20H22O8S2.C14H17NO4.C13H15BrO5S.C13H16O5S.C6H10O4/c1-13-3-7-15(8-4-13)29(21,22)27-17-11-25-20-18(12-26-19(17)20)28-30(23,24)16-9-5-14(2)6-10-16;16-12(13-7-4-8-18-13)9-15-14(17)19-10-11-5-2-1-3-6-11;1-8-2-4-9(5-3-8)20(15,16)19-11-7-18-12-10(14)6-17-13(11)12;1-10-4-6-11(7-5-10)19(15,16)18-13(9-14)12-3-2-8-17-12;7-3-1-9-6-4(8)2-10-5(3)6/h3-10,17-20H,11-12H2,1-2H3;1-7,12-13,16H,8-10H2,(H,15,17);2-5,10-13H,6-7H2,1H3;2-7,12-14H,8-9H2,1H3;3-8H,1-2H2/t17-,18+,19-,20-;12-,13+;10-,11-,12+,13+;12-,13-;3-,4+,5-,6-/m11001/s1. The van der Waals surface area contributed by atoms with Gasteiger partial charge in [-0.2, -0.15) is 33.7 Å². The number of nitrogens with one attached hydrogen (secondary N) is 1. The van der Waals surface area contributed by atoms with Crippen LogP contribution in [0.3, 0.4) is 0 Å². The van der Waals surface area contributed by atoms with Crippen LogP contribution in [0.25, 0.3) is 0 Å². The third-order valence-corrected chi connectivity index (χ3v) is 22.4. The molecule has 0 spiro atoms. The largest absolute Gasteiger partial charge is 0.445 e. The van der Waals surface area contributed by atoms with Gasteiger partial charge in [-0.25, -0.2) is 4.79 Å². The molecule has 536 valence electrons. The van der Waals surface area contributed by atoms with Crippen molar-refractivity contribution in [3.63, 3.8) is 0 Å². The minimum absolute atomic E-state index is 0.0318. The molecule has 16 atom stereocenters. The Morgan fingerprint density at radius 1 is 0.490 bits per heavy atom. The van der Waals surface area contributed by atoms with Crippen molar-refractivity contribution < 1.29 is 118 Å². The van der Waals surface area contributed by atoms with E-state index in [0.717, 1.165) is 27.8 Å². The molecular formula is C66H80BrNO26S4. The molecule has 1 amide bonds. The van der Waals surface area contributed by atoms with Crippen LogP contribution in [-0.4, -0.2) is 223 Å². The minimum Gasteiger partial charge on any atom is -0.445 e. The fourth-order valence-corrected chi connectivity index (χ4v) is 15.7. The molecule has 32 heteroatoms. The number of alkyl carbamates (subject to hydrolysis) is 1. The van der Waals surface area contributed by atoms with Crippen LogP contribution in [0.4, 0.5) is 4.79 Å². The molecule has 6 fully saturated rings. The van der Waals surface area contributed by atoms with Crippen LogP contribution in [0, 0.1) is 27.7 Å². The van der Waals surface area contributed by atoms with Crippen molar-refractivity contribution in [1.29, 1.82) is 0 Å². The van der Waals surface area contributed by atoms with Crippen LogP contribution in [0.2, 0.25) is 0 Å². The van der Waals surface area contributed by atoms with Crippen LogP contribution < -0.4 is 5.32 Å². The number of alkyl halides is 1. The van der Waals surface area contributed by atoms with Crippen LogP contribution >= 0.6 is 15.9 Å². The summed E-state index contributed by atoms with van der Waals surface area (Å²) in [4.78, 5) is 11.8. The molecule has 0 aliphatic carbocycles. The number of fused-ring (bicyclic) bond motifs is 3. The fourth-order valence-electron chi connectivity index (χ4n) is 10.8. The SMILES string of the molecule is Cc1ccc(S(=O)(=O)O[C@@H](CO)[C@@H]2C=CCO2)cc1.Cc1ccc(S(=O)(=O)O[C@H]2CO[C@H]3[C@@H]2OC[C@@H]3Br)cc1.Cc1ccc(S(=O)(=O)O[C@H]2CO[C@H]3[C@@H]2OC[C@H]3OS(=O)(=O)c2ccc(C)cc2)cc1.O=C(NC[C@@H](O)[C@@H]1C=CCO1)OCc1ccccc1.O[C@@H]1CO[C@H]2[C@@H]1OC[C@@H]2O. The normalized spacial score (nSPS) is 28.1. The highest BCUT2D eigenvalue weighted by Gasteiger charge is 2.53. The van der Waals surface area contributed by atoms with E-state index in [9.17, 15) is 48.7 Å². The second kappa shape index (κ2) is 34.9. The number of halogens is 1. The van der Waals surface area contributed by atoms with Gasteiger partial charge in [0.25, 0.3) is 40.5 Å². The molecule has 8 heterocycles. The number of carbonyl (C=O) groups excluding carboxylic acids is 1. The van der Waals surface area contributed by atoms with Crippen LogP contribution in [0.1, 0.15) is 27.8 Å². The highest BCUT2D eigenvalue weighted by Crippen LogP contribution is 2.36. The minimum atomic E-state index is -4.02. The monoisotopic (exact) mass is 1510 g/mol. The summed E-state index contributed by atoms with van der Waals surface area (Å²) in [5, 5.41) is 39.8. The van der Waals surface area contributed by atoms with E-state index in [1.807, 2.05) is 64.1 Å². The molecule has 5 aromatic carbocycles. The smallest absolute Gasteiger partial charge is 0.407 e. The van der Waals surface area contributed by atoms with E-state index >= 15 is 0 Å². The maximum Gasteiger partial charge on any atom is 0.407 e. The molecule has 13 rings (SSSR count). The molecule has 6 saturated heterocycles. The van der Waals surface area contributed by atoms with Crippen molar-refractivity contribution in [2.45, 2.75) is 150 Å². The number of rotatable bonds is 19. The number of ether oxygens (including phenoxy) is 9. The fraction of sp³-hybridized carbons (Fsp3) is 0.470. The van der Waals surface area contributed by atoms with E-state index in [0.29, 0.717) is 19.8 Å². The molecular weight excluding hydrogens is 1430 g/mol. The molecule has 0 bridgehead atoms. The Bertz CT molecular complexity index is 3810. The number of benzene rings is 5. The third-order valence-electron chi connectivity index (χ3n) is 16.2. The Labute approximate surface area is 578 Å². The summed E-state index contributed by atoms with van der Waals surface area (Å²) in [6, 6.07) is 34.9. The molecule has 0 unspecified atom stereocenters. The first kappa shape index (κ1) is 76.7. The van der Waals surface area contributed by atoms with Gasteiger partial charge in [0.05, 0.1) is 83.9 Å². The maximum atomic E-state index is 12.6. The molecule has 27 nitrogen and oxygen atoms in total. The Kier molecular flexibility index (Phi) is 27.3. The summed E-state index contributed by atoms with van der Waals surface area (Å²) < 4.78 is 168. The van der Waals surface area contributed by atoms with E-state index in [1.54, 1.807) is 78.9 Å². The van der Waals surface area contributed by atoms with Gasteiger partial charge in [-0.3, -0.25) is 16.7 Å². The van der Waals surface area contributed by atoms with E-state index < -0.39 is 114 Å². The zero-order valence-electron chi connectivity index (χ0n) is 53.7. The van der Waals surface area contributed by atoms with Gasteiger partial charge >= 0.3 is 6.09 Å². The Morgan fingerprint density at radius 3 is 1.26 bits per heavy atom. The summed E-state index contributed by atoms with van der Waals surface area (Å²) in [6.45, 7) is 9.44. The quantitative estimate of drug-likeness (QED) is 0.0436. The average Bonchev–Trinajstić information content (AvgIpc) is 1.64. The van der Waals surface area contributed by atoms with Crippen molar-refractivity contribution in [2.75, 3.05) is 66.0 Å². The highest BCUT2D eigenvalue weighted by atomic mass is 79.9. The van der Waals surface area contributed by atoms with Gasteiger partial charge in [-0.05, 0) is 81.8 Å². The first-order chi connectivity index (χ1) is 46.7. The lowest BCUT2D eigenvalue weighted by molar-refractivity contribution is 0.00185. The number of aliphatic hydroxyl groups excluding tert-OH is 4. The molecule has 5 N–H and O–H groups in total. The number of amides is 1. The van der Waals surface area contributed by atoms with Crippen LogP contribution in [0.5, 0.6) is 0 Å². The zero-order chi connectivity index (χ0) is 70.4. The predicted octanol–water partition coefficient (Wildman–Crippen LogP) is 4.33. The van der Waals surface area contributed by atoms with Gasteiger partial charge in [0.2, 0.25) is 0 Å². The first-order valence-corrected chi connectivity index (χ1v) is 37.7. The average molecular weight is 1510 g/mol. The Balaban J connectivity index is 0.000000148. The van der Waals surface area contributed by atoms with Crippen molar-refractivity contribution in [2.24, 2.45) is 0 Å². The number of aryl methyl sites for hydroxylation is 4. The molecule has 8 aliphatic rings. The lowest BCUT2D eigenvalue weighted by Gasteiger charge is -2.20. The van der Waals surface area contributed by atoms with Gasteiger partial charge in [0.1, 0.15) is 98.2 Å². The lowest BCUT2D eigenvalue weighted by atomic mass is 10.1. The topological polar surface area (TPSA) is 367 Å². The number of hydrogen-bond acceptors (Lipinski definition) is 26. The number of carbonyl (C=O) groups is 1. The molecule has 8 aliphatic heterocycles. The summed E-state index contributed by atoms with van der Waals surface area (Å²) in [5.74, 6) is 0. The van der Waals surface area contributed by atoms with Gasteiger partial charge < -0.3 is 68.4 Å². The molecule has 0 saturated carbocycles. The Hall–Kier alpha value is -5.51. The van der Waals surface area contributed by atoms with Crippen LogP contribution in [0.15, 0.2) is 171 Å². The molecule has 5 aromatic rings. The molecule has 0 aromatic heterocycles. The van der Waals surface area contributed by atoms with Gasteiger partial charge in [0, 0.05) is 6.54 Å². The first-order valence-electron chi connectivity index (χ1n) is 31.2. The maximum absolute atomic E-state index is 12.6. The number of aliphatic hydroxyl groups is 4. The van der Waals surface area contributed by atoms with E-state index in [4.69, 9.17) is 69.6 Å². The summed E-state index contributed by atoms with van der Waals surface area (Å²) in [5.41, 5.74) is 4.72. The summed E-state index contributed by atoms with van der Waals surface area (Å²) in [6.07, 6.45) is -2.11. The van der Waals surface area contributed by atoms with Crippen molar-refractivity contribution in [3.8, 4) is 0 Å². The van der Waals surface area contributed by atoms with Crippen LogP contribution in [-0.2, 0) is 106 Å². The second-order valence-corrected chi connectivity index (χ2v) is 31.2. The van der Waals surface area contributed by atoms with E-state index in [1.165, 1.54) is 36.4 Å². The van der Waals surface area contributed by atoms with E-state index in [-0.39, 0.29) is 101 Å². The van der Waals surface area contributed by atoms with E-state index in [2.05, 4.69) is 21.2 Å².